The highest BCUT2D eigenvalue weighted by Crippen LogP contribution is 2.13. The normalized spacial score (nSPS) is 24.1. The van der Waals surface area contributed by atoms with Crippen LogP contribution in [0.5, 0.6) is 0 Å². The second-order valence-electron chi connectivity index (χ2n) is 4.37. The van der Waals surface area contributed by atoms with Crippen LogP contribution in [0.4, 0.5) is 0 Å². The Balaban J connectivity index is 2.11. The molecule has 16 heavy (non-hydrogen) atoms. The Kier molecular flexibility index (Phi) is 5.18. The predicted molar refractivity (Wildman–Crippen MR) is 59.0 cm³/mol. The Hall–Kier alpha value is -0.650. The van der Waals surface area contributed by atoms with Crippen LogP contribution in [0.3, 0.4) is 0 Å². The Morgan fingerprint density at radius 3 is 2.94 bits per heavy atom. The number of carbonyl (C=O) groups excluding carboxylic acids is 1. The average molecular weight is 231 g/mol. The third kappa shape index (κ3) is 4.08. The maximum atomic E-state index is 11.3. The van der Waals surface area contributed by atoms with E-state index in [0.29, 0.717) is 19.6 Å². The van der Waals surface area contributed by atoms with Crippen LogP contribution >= 0.6 is 0 Å². The van der Waals surface area contributed by atoms with Crippen molar-refractivity contribution in [2.45, 2.75) is 37.8 Å². The molecule has 0 amide bonds. The van der Waals surface area contributed by atoms with Gasteiger partial charge in [-0.05, 0) is 26.2 Å². The summed E-state index contributed by atoms with van der Waals surface area (Å²) in [6.45, 7) is 3.74. The minimum Gasteiger partial charge on any atom is -0.468 e. The van der Waals surface area contributed by atoms with E-state index in [0.717, 1.165) is 19.4 Å². The molecule has 1 saturated heterocycles. The van der Waals surface area contributed by atoms with Crippen LogP contribution in [-0.2, 0) is 19.0 Å². The molecule has 0 spiro atoms. The average Bonchev–Trinajstić information content (AvgIpc) is 2.76. The van der Waals surface area contributed by atoms with Gasteiger partial charge in [0.2, 0.25) is 0 Å². The minimum atomic E-state index is -0.912. The van der Waals surface area contributed by atoms with Crippen molar-refractivity contribution >= 4 is 5.97 Å². The monoisotopic (exact) mass is 231 g/mol. The first-order valence-electron chi connectivity index (χ1n) is 5.63. The molecule has 2 unspecified atom stereocenters. The quantitative estimate of drug-likeness (QED) is 0.531. The topological polar surface area (TPSA) is 70.8 Å². The zero-order valence-electron chi connectivity index (χ0n) is 10.0. The number of hydrogen-bond donors (Lipinski definition) is 1. The molecular weight excluding hydrogens is 210 g/mol. The Bertz CT molecular complexity index is 224. The molecule has 0 bridgehead atoms. The molecule has 94 valence electrons. The van der Waals surface area contributed by atoms with Crippen molar-refractivity contribution in [1.82, 2.24) is 0 Å². The molecule has 0 aliphatic carbocycles. The summed E-state index contributed by atoms with van der Waals surface area (Å²) in [5, 5.41) is 0. The van der Waals surface area contributed by atoms with E-state index in [1.54, 1.807) is 6.92 Å². The molecule has 1 heterocycles. The van der Waals surface area contributed by atoms with Crippen molar-refractivity contribution in [2.24, 2.45) is 5.73 Å². The van der Waals surface area contributed by atoms with E-state index < -0.39 is 5.54 Å². The SMILES string of the molecule is COC(=O)C(C)(N)CCCOC1CCOC1. The Morgan fingerprint density at radius 1 is 1.62 bits per heavy atom. The highest BCUT2D eigenvalue weighted by atomic mass is 16.5. The number of esters is 1. The smallest absolute Gasteiger partial charge is 0.325 e. The zero-order chi connectivity index (χ0) is 12.0. The van der Waals surface area contributed by atoms with Gasteiger partial charge >= 0.3 is 5.97 Å². The van der Waals surface area contributed by atoms with Gasteiger partial charge < -0.3 is 19.9 Å². The number of hydrogen-bond acceptors (Lipinski definition) is 5. The molecule has 2 N–H and O–H groups in total. The fourth-order valence-electron chi connectivity index (χ4n) is 1.67. The zero-order valence-corrected chi connectivity index (χ0v) is 10.0. The molecule has 0 aromatic carbocycles. The molecule has 1 rings (SSSR count). The second kappa shape index (κ2) is 6.18. The summed E-state index contributed by atoms with van der Waals surface area (Å²) in [7, 11) is 1.35. The summed E-state index contributed by atoms with van der Waals surface area (Å²) in [4.78, 5) is 11.3. The van der Waals surface area contributed by atoms with Crippen molar-refractivity contribution < 1.29 is 19.0 Å². The molecule has 1 fully saturated rings. The summed E-state index contributed by atoms with van der Waals surface area (Å²) >= 11 is 0. The molecule has 0 saturated carbocycles. The molecule has 1 aliphatic heterocycles. The van der Waals surface area contributed by atoms with Gasteiger partial charge in [0.1, 0.15) is 5.54 Å². The van der Waals surface area contributed by atoms with Crippen LogP contribution in [0.25, 0.3) is 0 Å². The lowest BCUT2D eigenvalue weighted by Gasteiger charge is -2.21. The fourth-order valence-corrected chi connectivity index (χ4v) is 1.67. The van der Waals surface area contributed by atoms with Gasteiger partial charge in [0.05, 0.1) is 19.8 Å². The van der Waals surface area contributed by atoms with Crippen molar-refractivity contribution in [1.29, 1.82) is 0 Å². The van der Waals surface area contributed by atoms with E-state index in [4.69, 9.17) is 15.2 Å². The molecule has 2 atom stereocenters. The van der Waals surface area contributed by atoms with Crippen molar-refractivity contribution in [3.63, 3.8) is 0 Å². The van der Waals surface area contributed by atoms with Crippen LogP contribution in [0.2, 0.25) is 0 Å². The van der Waals surface area contributed by atoms with Gasteiger partial charge in [-0.1, -0.05) is 0 Å². The number of methoxy groups -OCH3 is 1. The first-order valence-corrected chi connectivity index (χ1v) is 5.63. The maximum absolute atomic E-state index is 11.3. The van der Waals surface area contributed by atoms with Crippen molar-refractivity contribution in [3.05, 3.63) is 0 Å². The van der Waals surface area contributed by atoms with Gasteiger partial charge in [-0.3, -0.25) is 4.79 Å². The molecule has 0 aromatic rings. The molecular formula is C11H21NO4. The second-order valence-corrected chi connectivity index (χ2v) is 4.37. The van der Waals surface area contributed by atoms with Crippen LogP contribution in [0.1, 0.15) is 26.2 Å². The van der Waals surface area contributed by atoms with Crippen LogP contribution in [0, 0.1) is 0 Å². The van der Waals surface area contributed by atoms with Gasteiger partial charge in [0.25, 0.3) is 0 Å². The minimum absolute atomic E-state index is 0.210. The van der Waals surface area contributed by atoms with Gasteiger partial charge in [-0.15, -0.1) is 0 Å². The van der Waals surface area contributed by atoms with Gasteiger partial charge in [-0.25, -0.2) is 0 Å². The number of ether oxygens (including phenoxy) is 3. The van der Waals surface area contributed by atoms with Gasteiger partial charge in [0.15, 0.2) is 0 Å². The third-order valence-electron chi connectivity index (χ3n) is 2.73. The molecule has 5 heteroatoms. The first kappa shape index (κ1) is 13.4. The third-order valence-corrected chi connectivity index (χ3v) is 2.73. The van der Waals surface area contributed by atoms with Gasteiger partial charge in [-0.2, -0.15) is 0 Å². The number of carbonyl (C=O) groups is 1. The highest BCUT2D eigenvalue weighted by molar-refractivity contribution is 5.79. The largest absolute Gasteiger partial charge is 0.468 e. The molecule has 1 aliphatic rings. The highest BCUT2D eigenvalue weighted by Gasteiger charge is 2.28. The van der Waals surface area contributed by atoms with Crippen LogP contribution in [-0.4, -0.2) is 44.5 Å². The summed E-state index contributed by atoms with van der Waals surface area (Å²) in [6.07, 6.45) is 2.48. The van der Waals surface area contributed by atoms with E-state index in [2.05, 4.69) is 4.74 Å². The lowest BCUT2D eigenvalue weighted by atomic mass is 9.98. The summed E-state index contributed by atoms with van der Waals surface area (Å²) in [6, 6.07) is 0. The Morgan fingerprint density at radius 2 is 2.38 bits per heavy atom. The van der Waals surface area contributed by atoms with E-state index >= 15 is 0 Å². The maximum Gasteiger partial charge on any atom is 0.325 e. The summed E-state index contributed by atoms with van der Waals surface area (Å²) in [5.41, 5.74) is 4.90. The van der Waals surface area contributed by atoms with E-state index in [1.165, 1.54) is 7.11 Å². The summed E-state index contributed by atoms with van der Waals surface area (Å²) in [5.74, 6) is -0.378. The predicted octanol–water partition coefficient (Wildman–Crippen LogP) is 0.463. The lowest BCUT2D eigenvalue weighted by Crippen LogP contribution is -2.45. The van der Waals surface area contributed by atoms with E-state index in [-0.39, 0.29) is 12.1 Å². The number of nitrogens with two attached hydrogens (primary N) is 1. The summed E-state index contributed by atoms with van der Waals surface area (Å²) < 4.78 is 15.4. The number of rotatable bonds is 6. The van der Waals surface area contributed by atoms with E-state index in [1.807, 2.05) is 0 Å². The van der Waals surface area contributed by atoms with Crippen molar-refractivity contribution in [3.8, 4) is 0 Å². The van der Waals surface area contributed by atoms with Crippen molar-refractivity contribution in [2.75, 3.05) is 26.9 Å². The molecule has 5 nitrogen and oxygen atoms in total. The first-order chi connectivity index (χ1) is 7.56. The Labute approximate surface area is 96.2 Å². The standard InChI is InChI=1S/C11H21NO4/c1-11(12,10(13)14-2)5-3-6-16-9-4-7-15-8-9/h9H,3-8,12H2,1-2H3. The van der Waals surface area contributed by atoms with Crippen LogP contribution in [0.15, 0.2) is 0 Å². The van der Waals surface area contributed by atoms with Crippen LogP contribution < -0.4 is 5.73 Å². The molecule has 0 aromatic heterocycles. The lowest BCUT2D eigenvalue weighted by molar-refractivity contribution is -0.146. The fraction of sp³-hybridized carbons (Fsp3) is 0.909. The van der Waals surface area contributed by atoms with Gasteiger partial charge in [0, 0.05) is 13.2 Å². The van der Waals surface area contributed by atoms with E-state index in [9.17, 15) is 4.79 Å². The molecule has 0 radical (unpaired) electrons.